The van der Waals surface area contributed by atoms with Crippen LogP contribution in [0.3, 0.4) is 0 Å². The van der Waals surface area contributed by atoms with Crippen molar-refractivity contribution in [2.24, 2.45) is 5.10 Å². The van der Waals surface area contributed by atoms with Gasteiger partial charge < -0.3 is 0 Å². The van der Waals surface area contributed by atoms with Gasteiger partial charge in [-0.3, -0.25) is 14.9 Å². The third-order valence-electron chi connectivity index (χ3n) is 4.02. The van der Waals surface area contributed by atoms with Gasteiger partial charge in [-0.15, -0.1) is 11.3 Å². The molecule has 3 rings (SSSR count). The van der Waals surface area contributed by atoms with Gasteiger partial charge in [-0.05, 0) is 6.42 Å². The molecule has 7 nitrogen and oxygen atoms in total. The number of thiazole rings is 1. The van der Waals surface area contributed by atoms with Crippen molar-refractivity contribution < 1.29 is 9.72 Å². The van der Waals surface area contributed by atoms with Crippen LogP contribution in [-0.4, -0.2) is 22.0 Å². The second-order valence-corrected chi connectivity index (χ2v) is 6.90. The summed E-state index contributed by atoms with van der Waals surface area (Å²) in [5, 5.41) is 17.6. The fourth-order valence-electron chi connectivity index (χ4n) is 2.62. The van der Waals surface area contributed by atoms with Crippen LogP contribution in [0, 0.1) is 10.1 Å². The fraction of sp³-hybridized carbons (Fsp3) is 0.150. The molecular formula is C20H18N4O3S. The topological polar surface area (TPSA) is 97.5 Å². The lowest BCUT2D eigenvalue weighted by Gasteiger charge is -2.01. The van der Waals surface area contributed by atoms with E-state index in [1.807, 2.05) is 42.6 Å². The number of carbonyl (C=O) groups excluding carboxylic acids is 1. The number of nitrogens with zero attached hydrogens (tertiary/aromatic N) is 3. The van der Waals surface area contributed by atoms with Crippen molar-refractivity contribution >= 4 is 29.1 Å². The lowest BCUT2D eigenvalue weighted by Crippen LogP contribution is -2.19. The Kier molecular flexibility index (Phi) is 6.23. The Labute approximate surface area is 165 Å². The number of amides is 1. The van der Waals surface area contributed by atoms with E-state index >= 15 is 0 Å². The van der Waals surface area contributed by atoms with Gasteiger partial charge in [-0.25, -0.2) is 10.4 Å². The van der Waals surface area contributed by atoms with Crippen LogP contribution in [0.15, 0.2) is 59.0 Å². The highest BCUT2D eigenvalue weighted by Crippen LogP contribution is 2.22. The average Bonchev–Trinajstić information content (AvgIpc) is 3.17. The predicted molar refractivity (Wildman–Crippen MR) is 109 cm³/mol. The number of rotatable bonds is 7. The molecule has 1 aromatic heterocycles. The van der Waals surface area contributed by atoms with E-state index in [0.29, 0.717) is 22.6 Å². The molecule has 0 aliphatic heterocycles. The molecule has 28 heavy (non-hydrogen) atoms. The second-order valence-electron chi connectivity index (χ2n) is 5.96. The van der Waals surface area contributed by atoms with E-state index in [2.05, 4.69) is 15.5 Å². The zero-order chi connectivity index (χ0) is 19.9. The summed E-state index contributed by atoms with van der Waals surface area (Å²) in [7, 11) is 0. The van der Waals surface area contributed by atoms with Crippen molar-refractivity contribution in [1.29, 1.82) is 0 Å². The minimum absolute atomic E-state index is 0.0500. The Morgan fingerprint density at radius 3 is 2.79 bits per heavy atom. The predicted octanol–water partition coefficient (Wildman–Crippen LogP) is 3.97. The van der Waals surface area contributed by atoms with Gasteiger partial charge in [0.05, 0.1) is 23.3 Å². The van der Waals surface area contributed by atoms with Crippen molar-refractivity contribution in [2.45, 2.75) is 19.8 Å². The van der Waals surface area contributed by atoms with Crippen molar-refractivity contribution in [3.8, 4) is 11.3 Å². The van der Waals surface area contributed by atoms with Crippen molar-refractivity contribution in [2.75, 3.05) is 0 Å². The van der Waals surface area contributed by atoms with E-state index in [1.54, 1.807) is 12.1 Å². The number of nitrogens with one attached hydrogen (secondary N) is 1. The highest BCUT2D eigenvalue weighted by atomic mass is 32.1. The molecular weight excluding hydrogens is 376 g/mol. The smallest absolute Gasteiger partial charge is 0.273 e. The van der Waals surface area contributed by atoms with E-state index in [0.717, 1.165) is 11.3 Å². The number of hydrazone groups is 1. The van der Waals surface area contributed by atoms with Gasteiger partial charge in [0.2, 0.25) is 5.91 Å². The van der Waals surface area contributed by atoms with Crippen molar-refractivity contribution in [3.05, 3.63) is 80.2 Å². The first-order chi connectivity index (χ1) is 13.6. The van der Waals surface area contributed by atoms with Gasteiger partial charge in [-0.2, -0.15) is 5.10 Å². The summed E-state index contributed by atoms with van der Waals surface area (Å²) >= 11 is 1.41. The summed E-state index contributed by atoms with van der Waals surface area (Å²) < 4.78 is 0. The highest BCUT2D eigenvalue weighted by molar-refractivity contribution is 7.10. The number of benzene rings is 2. The van der Waals surface area contributed by atoms with Crippen LogP contribution in [0.1, 0.15) is 23.1 Å². The minimum Gasteiger partial charge on any atom is -0.273 e. The van der Waals surface area contributed by atoms with Gasteiger partial charge in [0.25, 0.3) is 5.69 Å². The maximum absolute atomic E-state index is 12.1. The molecule has 1 amide bonds. The lowest BCUT2D eigenvalue weighted by atomic mass is 10.1. The number of carbonyl (C=O) groups is 1. The van der Waals surface area contributed by atoms with Gasteiger partial charge in [0.1, 0.15) is 5.01 Å². The number of nitro groups is 1. The first kappa shape index (κ1) is 19.4. The normalized spacial score (nSPS) is 10.9. The highest BCUT2D eigenvalue weighted by Gasteiger charge is 2.12. The Morgan fingerprint density at radius 1 is 1.29 bits per heavy atom. The maximum Gasteiger partial charge on any atom is 0.273 e. The summed E-state index contributed by atoms with van der Waals surface area (Å²) in [6.45, 7) is 1.86. The van der Waals surface area contributed by atoms with E-state index in [-0.39, 0.29) is 18.0 Å². The van der Waals surface area contributed by atoms with E-state index in [9.17, 15) is 14.9 Å². The Bertz CT molecular complexity index is 1020. The summed E-state index contributed by atoms with van der Waals surface area (Å²) in [5.74, 6) is -0.301. The Hall–Kier alpha value is -3.39. The Balaban J connectivity index is 1.59. The van der Waals surface area contributed by atoms with Gasteiger partial charge >= 0.3 is 0 Å². The number of hydrogen-bond acceptors (Lipinski definition) is 6. The third-order valence-corrected chi connectivity index (χ3v) is 4.87. The van der Waals surface area contributed by atoms with E-state index < -0.39 is 4.92 Å². The first-order valence-electron chi connectivity index (χ1n) is 8.66. The lowest BCUT2D eigenvalue weighted by molar-refractivity contribution is -0.385. The zero-order valence-corrected chi connectivity index (χ0v) is 16.0. The molecule has 0 aliphatic carbocycles. The Morgan fingerprint density at radius 2 is 2.07 bits per heavy atom. The summed E-state index contributed by atoms with van der Waals surface area (Å²) in [5.41, 5.74) is 5.52. The number of aryl methyl sites for hydroxylation is 1. The van der Waals surface area contributed by atoms with Gasteiger partial charge in [0.15, 0.2) is 0 Å². The average molecular weight is 394 g/mol. The third kappa shape index (κ3) is 4.86. The van der Waals surface area contributed by atoms with Crippen LogP contribution in [0.2, 0.25) is 0 Å². The van der Waals surface area contributed by atoms with Crippen LogP contribution in [0.4, 0.5) is 5.69 Å². The molecule has 0 aliphatic rings. The van der Waals surface area contributed by atoms with Crippen LogP contribution in [0.25, 0.3) is 11.3 Å². The molecule has 0 saturated heterocycles. The molecule has 0 saturated carbocycles. The molecule has 0 bridgehead atoms. The molecule has 0 atom stereocenters. The number of aromatic nitrogens is 1. The molecule has 2 aromatic carbocycles. The van der Waals surface area contributed by atoms with Crippen molar-refractivity contribution in [1.82, 2.24) is 10.4 Å². The zero-order valence-electron chi connectivity index (χ0n) is 15.2. The minimum atomic E-state index is -0.415. The van der Waals surface area contributed by atoms with Crippen LogP contribution < -0.4 is 5.43 Å². The standard InChI is InChI=1S/C20H18N4O3S/c1-2-15-9-8-14(10-18(15)24(26)27)12-21-23-19(25)11-20-22-17(13-28-20)16-6-4-3-5-7-16/h3-10,12-13H,2,11H2,1H3,(H,23,25)/b21-12-. The summed E-state index contributed by atoms with van der Waals surface area (Å²) in [6, 6.07) is 14.6. The van der Waals surface area contributed by atoms with Crippen LogP contribution in [0.5, 0.6) is 0 Å². The molecule has 0 radical (unpaired) electrons. The van der Waals surface area contributed by atoms with Crippen LogP contribution >= 0.6 is 11.3 Å². The molecule has 0 unspecified atom stereocenters. The molecule has 3 aromatic rings. The number of nitro benzene ring substituents is 1. The largest absolute Gasteiger partial charge is 0.273 e. The van der Waals surface area contributed by atoms with E-state index in [1.165, 1.54) is 23.6 Å². The summed E-state index contributed by atoms with van der Waals surface area (Å²) in [6.07, 6.45) is 2.08. The van der Waals surface area contributed by atoms with Crippen LogP contribution in [-0.2, 0) is 17.6 Å². The molecule has 0 spiro atoms. The first-order valence-corrected chi connectivity index (χ1v) is 9.54. The molecule has 1 N–H and O–H groups in total. The van der Waals surface area contributed by atoms with E-state index in [4.69, 9.17) is 0 Å². The SMILES string of the molecule is CCc1ccc(/C=N\NC(=O)Cc2nc(-c3ccccc3)cs2)cc1[N+](=O)[O-]. The molecule has 8 heteroatoms. The number of hydrogen-bond donors (Lipinski definition) is 1. The van der Waals surface area contributed by atoms with Crippen molar-refractivity contribution in [3.63, 3.8) is 0 Å². The molecule has 142 valence electrons. The second kappa shape index (κ2) is 9.01. The van der Waals surface area contributed by atoms with Gasteiger partial charge in [0, 0.05) is 28.1 Å². The fourth-order valence-corrected chi connectivity index (χ4v) is 3.42. The molecule has 1 heterocycles. The molecule has 0 fully saturated rings. The quantitative estimate of drug-likeness (QED) is 0.372. The monoisotopic (exact) mass is 394 g/mol. The van der Waals surface area contributed by atoms with Gasteiger partial charge in [-0.1, -0.05) is 49.4 Å². The maximum atomic E-state index is 12.1. The summed E-state index contributed by atoms with van der Waals surface area (Å²) in [4.78, 5) is 27.2.